The van der Waals surface area contributed by atoms with Crippen molar-refractivity contribution in [1.82, 2.24) is 10.6 Å². The highest BCUT2D eigenvalue weighted by Gasteiger charge is 2.36. The minimum atomic E-state index is 0. The Morgan fingerprint density at radius 1 is 1.38 bits per heavy atom. The van der Waals surface area contributed by atoms with Crippen LogP contribution in [-0.2, 0) is 11.3 Å². The number of hydrogen-bond donors (Lipinski definition) is 2. The predicted octanol–water partition coefficient (Wildman–Crippen LogP) is 3.05. The normalized spacial score (nSPS) is 15.6. The first kappa shape index (κ1) is 20.7. The summed E-state index contributed by atoms with van der Waals surface area (Å²) in [4.78, 5) is 4.29. The first-order chi connectivity index (χ1) is 11.2. The van der Waals surface area contributed by atoms with Gasteiger partial charge < -0.3 is 15.4 Å². The molecule has 0 spiro atoms. The molecule has 0 saturated heterocycles. The van der Waals surface area contributed by atoms with Gasteiger partial charge in [-0.3, -0.25) is 4.99 Å². The van der Waals surface area contributed by atoms with Crippen molar-refractivity contribution in [3.8, 4) is 6.07 Å². The summed E-state index contributed by atoms with van der Waals surface area (Å²) in [6, 6.07) is 9.78. The minimum absolute atomic E-state index is 0. The van der Waals surface area contributed by atoms with E-state index in [0.29, 0.717) is 17.5 Å². The molecule has 1 aliphatic rings. The second kappa shape index (κ2) is 10.5. The summed E-state index contributed by atoms with van der Waals surface area (Å²) in [5.41, 5.74) is 2.11. The van der Waals surface area contributed by atoms with Crippen molar-refractivity contribution in [1.29, 1.82) is 5.26 Å². The Bertz CT molecular complexity index is 579. The van der Waals surface area contributed by atoms with E-state index in [1.165, 1.54) is 19.3 Å². The molecular formula is C18H27IN4O. The molecule has 1 aromatic carbocycles. The molecule has 1 aliphatic carbocycles. The highest BCUT2D eigenvalue weighted by molar-refractivity contribution is 14.0. The molecule has 1 aromatic rings. The number of methoxy groups -OCH3 is 1. The Labute approximate surface area is 161 Å². The smallest absolute Gasteiger partial charge is 0.191 e. The lowest BCUT2D eigenvalue weighted by Gasteiger charge is -2.42. The minimum Gasteiger partial charge on any atom is -0.385 e. The van der Waals surface area contributed by atoms with Crippen molar-refractivity contribution in [2.75, 3.05) is 27.3 Å². The number of nitrogens with zero attached hydrogens (tertiary/aromatic N) is 2. The molecule has 0 unspecified atom stereocenters. The van der Waals surface area contributed by atoms with Gasteiger partial charge in [0, 0.05) is 33.9 Å². The van der Waals surface area contributed by atoms with Crippen LogP contribution in [0.4, 0.5) is 0 Å². The van der Waals surface area contributed by atoms with E-state index >= 15 is 0 Å². The van der Waals surface area contributed by atoms with Crippen LogP contribution in [-0.4, -0.2) is 33.3 Å². The molecule has 2 rings (SSSR count). The molecule has 0 atom stereocenters. The Balaban J connectivity index is 0.00000288. The van der Waals surface area contributed by atoms with Gasteiger partial charge >= 0.3 is 0 Å². The third kappa shape index (κ3) is 5.95. The number of nitrogens with one attached hydrogen (secondary N) is 2. The van der Waals surface area contributed by atoms with Gasteiger partial charge in [-0.05, 0) is 42.4 Å². The molecule has 1 saturated carbocycles. The Morgan fingerprint density at radius 3 is 2.75 bits per heavy atom. The molecule has 132 valence electrons. The summed E-state index contributed by atoms with van der Waals surface area (Å²) in [6.07, 6.45) is 4.91. The van der Waals surface area contributed by atoms with Crippen LogP contribution in [0, 0.1) is 16.7 Å². The van der Waals surface area contributed by atoms with E-state index in [9.17, 15) is 0 Å². The summed E-state index contributed by atoms with van der Waals surface area (Å²) in [6.45, 7) is 2.39. The number of nitriles is 1. The highest BCUT2D eigenvalue weighted by atomic mass is 127. The maximum absolute atomic E-state index is 8.95. The fourth-order valence-electron chi connectivity index (χ4n) is 2.94. The standard InChI is InChI=1S/C18H26N4O.HI/c1-20-17(21-13-16-6-3-5-15(11-16)12-19)22-14-18(7-4-8-18)9-10-23-2;/h3,5-6,11H,4,7-10,13-14H2,1-2H3,(H2,20,21,22);1H. The molecular weight excluding hydrogens is 415 g/mol. The summed E-state index contributed by atoms with van der Waals surface area (Å²) in [5.74, 6) is 0.802. The molecule has 2 N–H and O–H groups in total. The quantitative estimate of drug-likeness (QED) is 0.387. The number of hydrogen-bond acceptors (Lipinski definition) is 3. The van der Waals surface area contributed by atoms with Gasteiger partial charge in [0.1, 0.15) is 0 Å². The topological polar surface area (TPSA) is 69.4 Å². The lowest BCUT2D eigenvalue weighted by atomic mass is 9.67. The fraction of sp³-hybridized carbons (Fsp3) is 0.556. The Morgan fingerprint density at radius 2 is 2.17 bits per heavy atom. The average molecular weight is 442 g/mol. The van der Waals surface area contributed by atoms with Crippen LogP contribution in [0.1, 0.15) is 36.8 Å². The summed E-state index contributed by atoms with van der Waals surface area (Å²) in [5, 5.41) is 15.7. The summed E-state index contributed by atoms with van der Waals surface area (Å²) >= 11 is 0. The second-order valence-electron chi connectivity index (χ2n) is 6.19. The molecule has 0 bridgehead atoms. The third-order valence-electron chi connectivity index (χ3n) is 4.62. The predicted molar refractivity (Wildman–Crippen MR) is 108 cm³/mol. The molecule has 0 radical (unpaired) electrons. The van der Waals surface area contributed by atoms with E-state index in [-0.39, 0.29) is 24.0 Å². The molecule has 0 aromatic heterocycles. The van der Waals surface area contributed by atoms with Gasteiger partial charge in [-0.1, -0.05) is 18.6 Å². The highest BCUT2D eigenvalue weighted by Crippen LogP contribution is 2.43. The van der Waals surface area contributed by atoms with Gasteiger partial charge in [0.25, 0.3) is 0 Å². The van der Waals surface area contributed by atoms with Crippen molar-refractivity contribution in [2.24, 2.45) is 10.4 Å². The van der Waals surface area contributed by atoms with Gasteiger partial charge in [0.2, 0.25) is 0 Å². The summed E-state index contributed by atoms with van der Waals surface area (Å²) < 4.78 is 5.23. The van der Waals surface area contributed by atoms with E-state index in [1.807, 2.05) is 24.3 Å². The van der Waals surface area contributed by atoms with E-state index in [1.54, 1.807) is 14.2 Å². The Kier molecular flexibility index (Phi) is 9.08. The zero-order chi connectivity index (χ0) is 16.5. The zero-order valence-corrected chi connectivity index (χ0v) is 16.8. The lowest BCUT2D eigenvalue weighted by molar-refractivity contribution is 0.0732. The van der Waals surface area contributed by atoms with Crippen LogP contribution in [0.2, 0.25) is 0 Å². The number of halogens is 1. The molecule has 1 fully saturated rings. The molecule has 0 heterocycles. The second-order valence-corrected chi connectivity index (χ2v) is 6.19. The SMILES string of the molecule is CN=C(NCc1cccc(C#N)c1)NCC1(CCOC)CCC1.I. The lowest BCUT2D eigenvalue weighted by Crippen LogP contribution is -2.46. The van der Waals surface area contributed by atoms with Crippen molar-refractivity contribution < 1.29 is 4.74 Å². The molecule has 6 heteroatoms. The van der Waals surface area contributed by atoms with Gasteiger partial charge in [-0.15, -0.1) is 24.0 Å². The van der Waals surface area contributed by atoms with Crippen LogP contribution in [0.3, 0.4) is 0 Å². The maximum atomic E-state index is 8.95. The number of aliphatic imine (C=N–C) groups is 1. The van der Waals surface area contributed by atoms with Crippen molar-refractivity contribution in [2.45, 2.75) is 32.2 Å². The number of benzene rings is 1. The fourth-order valence-corrected chi connectivity index (χ4v) is 2.94. The molecule has 0 aliphatic heterocycles. The van der Waals surface area contributed by atoms with Crippen LogP contribution in [0.25, 0.3) is 0 Å². The van der Waals surface area contributed by atoms with Crippen LogP contribution >= 0.6 is 24.0 Å². The number of ether oxygens (including phenoxy) is 1. The van der Waals surface area contributed by atoms with Crippen LogP contribution < -0.4 is 10.6 Å². The molecule has 5 nitrogen and oxygen atoms in total. The molecule has 0 amide bonds. The van der Waals surface area contributed by atoms with Gasteiger partial charge in [-0.2, -0.15) is 5.26 Å². The van der Waals surface area contributed by atoms with E-state index in [0.717, 1.165) is 31.1 Å². The van der Waals surface area contributed by atoms with Crippen molar-refractivity contribution in [3.63, 3.8) is 0 Å². The number of guanidine groups is 1. The van der Waals surface area contributed by atoms with Gasteiger partial charge in [0.15, 0.2) is 5.96 Å². The van der Waals surface area contributed by atoms with E-state index < -0.39 is 0 Å². The van der Waals surface area contributed by atoms with Crippen LogP contribution in [0.15, 0.2) is 29.3 Å². The largest absolute Gasteiger partial charge is 0.385 e. The van der Waals surface area contributed by atoms with E-state index in [2.05, 4.69) is 21.7 Å². The summed E-state index contributed by atoms with van der Waals surface area (Å²) in [7, 11) is 3.54. The first-order valence-electron chi connectivity index (χ1n) is 8.14. The molecule has 24 heavy (non-hydrogen) atoms. The third-order valence-corrected chi connectivity index (χ3v) is 4.62. The number of rotatable bonds is 7. The zero-order valence-electron chi connectivity index (χ0n) is 14.5. The Hall–Kier alpha value is -1.33. The van der Waals surface area contributed by atoms with Crippen molar-refractivity contribution in [3.05, 3.63) is 35.4 Å². The monoisotopic (exact) mass is 442 g/mol. The average Bonchev–Trinajstić information content (AvgIpc) is 2.56. The van der Waals surface area contributed by atoms with Gasteiger partial charge in [0.05, 0.1) is 11.6 Å². The van der Waals surface area contributed by atoms with Crippen LogP contribution in [0.5, 0.6) is 0 Å². The van der Waals surface area contributed by atoms with Crippen molar-refractivity contribution >= 4 is 29.9 Å². The maximum Gasteiger partial charge on any atom is 0.191 e. The van der Waals surface area contributed by atoms with E-state index in [4.69, 9.17) is 10.00 Å². The first-order valence-corrected chi connectivity index (χ1v) is 8.14. The van der Waals surface area contributed by atoms with Gasteiger partial charge in [-0.25, -0.2) is 0 Å².